The van der Waals surface area contributed by atoms with Gasteiger partial charge in [-0.25, -0.2) is 4.98 Å². The second kappa shape index (κ2) is 3.42. The van der Waals surface area contributed by atoms with Crippen LogP contribution >= 0.6 is 0 Å². The Morgan fingerprint density at radius 3 is 3.07 bits per heavy atom. The molecule has 0 unspecified atom stereocenters. The van der Waals surface area contributed by atoms with Gasteiger partial charge >= 0.3 is 0 Å². The largest absolute Gasteiger partial charge is 0.331 e. The van der Waals surface area contributed by atoms with Crippen LogP contribution in [0.3, 0.4) is 0 Å². The molecule has 0 saturated carbocycles. The van der Waals surface area contributed by atoms with E-state index in [0.29, 0.717) is 0 Å². The summed E-state index contributed by atoms with van der Waals surface area (Å²) in [5, 5.41) is 1.19. The molecule has 2 aromatic heterocycles. The van der Waals surface area contributed by atoms with Crippen molar-refractivity contribution in [3.63, 3.8) is 0 Å². The fraction of sp³-hybridized carbons (Fsp3) is 0.364. The third kappa shape index (κ3) is 1.63. The molecular weight excluding hydrogens is 174 g/mol. The Morgan fingerprint density at radius 1 is 1.57 bits per heavy atom. The van der Waals surface area contributed by atoms with Gasteiger partial charge in [0.15, 0.2) is 0 Å². The van der Waals surface area contributed by atoms with Gasteiger partial charge in [0, 0.05) is 30.4 Å². The van der Waals surface area contributed by atoms with Crippen LogP contribution in [0.1, 0.15) is 12.5 Å². The van der Waals surface area contributed by atoms with Crippen molar-refractivity contribution in [2.75, 3.05) is 0 Å². The van der Waals surface area contributed by atoms with Gasteiger partial charge in [0.05, 0.1) is 0 Å². The quantitative estimate of drug-likeness (QED) is 0.781. The fourth-order valence-corrected chi connectivity index (χ4v) is 1.65. The highest BCUT2D eigenvalue weighted by Gasteiger charge is 2.03. The van der Waals surface area contributed by atoms with Crippen molar-refractivity contribution in [2.45, 2.75) is 26.4 Å². The third-order valence-electron chi connectivity index (χ3n) is 2.22. The van der Waals surface area contributed by atoms with Gasteiger partial charge in [-0.05, 0) is 31.5 Å². The minimum Gasteiger partial charge on any atom is -0.331 e. The lowest BCUT2D eigenvalue weighted by Crippen LogP contribution is -2.21. The SMILES string of the molecule is Cc1cnc2c(ccn2C[C@@H](C)N)c1. The van der Waals surface area contributed by atoms with E-state index in [1.165, 1.54) is 10.9 Å². The Kier molecular flexibility index (Phi) is 2.25. The Bertz CT molecular complexity index is 443. The molecule has 3 nitrogen and oxygen atoms in total. The molecule has 0 aliphatic rings. The van der Waals surface area contributed by atoms with E-state index in [1.807, 2.05) is 19.3 Å². The van der Waals surface area contributed by atoms with E-state index in [0.717, 1.165) is 12.2 Å². The van der Waals surface area contributed by atoms with Crippen LogP contribution in [-0.4, -0.2) is 15.6 Å². The molecule has 0 fully saturated rings. The van der Waals surface area contributed by atoms with E-state index in [2.05, 4.69) is 28.6 Å². The van der Waals surface area contributed by atoms with Crippen molar-refractivity contribution in [1.82, 2.24) is 9.55 Å². The summed E-state index contributed by atoms with van der Waals surface area (Å²) in [4.78, 5) is 4.40. The number of hydrogen-bond acceptors (Lipinski definition) is 2. The molecule has 0 radical (unpaired) electrons. The zero-order chi connectivity index (χ0) is 10.1. The highest BCUT2D eigenvalue weighted by molar-refractivity contribution is 5.76. The van der Waals surface area contributed by atoms with Crippen molar-refractivity contribution in [2.24, 2.45) is 5.73 Å². The molecule has 0 spiro atoms. The topological polar surface area (TPSA) is 43.8 Å². The van der Waals surface area contributed by atoms with Crippen molar-refractivity contribution in [3.8, 4) is 0 Å². The van der Waals surface area contributed by atoms with Crippen molar-refractivity contribution >= 4 is 11.0 Å². The molecule has 0 aliphatic carbocycles. The number of nitrogens with two attached hydrogens (primary N) is 1. The van der Waals surface area contributed by atoms with E-state index >= 15 is 0 Å². The maximum absolute atomic E-state index is 5.76. The van der Waals surface area contributed by atoms with E-state index in [-0.39, 0.29) is 6.04 Å². The molecule has 2 heterocycles. The summed E-state index contributed by atoms with van der Waals surface area (Å²) in [6.07, 6.45) is 3.93. The first-order valence-corrected chi connectivity index (χ1v) is 4.84. The van der Waals surface area contributed by atoms with Gasteiger partial charge in [-0.2, -0.15) is 0 Å². The summed E-state index contributed by atoms with van der Waals surface area (Å²) in [7, 11) is 0. The van der Waals surface area contributed by atoms with Gasteiger partial charge in [0.25, 0.3) is 0 Å². The molecule has 0 aromatic carbocycles. The van der Waals surface area contributed by atoms with Crippen LogP contribution in [0.15, 0.2) is 24.5 Å². The molecule has 0 amide bonds. The minimum atomic E-state index is 0.161. The van der Waals surface area contributed by atoms with E-state index in [4.69, 9.17) is 5.73 Å². The average molecular weight is 189 g/mol. The predicted octanol–water partition coefficient (Wildman–Crippen LogP) is 1.69. The van der Waals surface area contributed by atoms with E-state index < -0.39 is 0 Å². The summed E-state index contributed by atoms with van der Waals surface area (Å²) in [5.74, 6) is 0. The van der Waals surface area contributed by atoms with Crippen LogP contribution in [0.25, 0.3) is 11.0 Å². The summed E-state index contributed by atoms with van der Waals surface area (Å²) in [6, 6.07) is 4.38. The summed E-state index contributed by atoms with van der Waals surface area (Å²) in [5.41, 5.74) is 7.97. The van der Waals surface area contributed by atoms with Crippen LogP contribution in [-0.2, 0) is 6.54 Å². The molecule has 74 valence electrons. The van der Waals surface area contributed by atoms with Gasteiger partial charge in [0.1, 0.15) is 5.65 Å². The first kappa shape index (κ1) is 9.21. The lowest BCUT2D eigenvalue weighted by molar-refractivity contribution is 0.602. The number of nitrogens with zero attached hydrogens (tertiary/aromatic N) is 2. The van der Waals surface area contributed by atoms with Gasteiger partial charge in [-0.15, -0.1) is 0 Å². The second-order valence-corrected chi connectivity index (χ2v) is 3.87. The maximum atomic E-state index is 5.76. The molecule has 14 heavy (non-hydrogen) atoms. The number of fused-ring (bicyclic) bond motifs is 1. The molecule has 2 N–H and O–H groups in total. The summed E-state index contributed by atoms with van der Waals surface area (Å²) < 4.78 is 2.10. The van der Waals surface area contributed by atoms with Crippen LogP contribution < -0.4 is 5.73 Å². The zero-order valence-corrected chi connectivity index (χ0v) is 8.57. The Balaban J connectivity index is 2.47. The van der Waals surface area contributed by atoms with Gasteiger partial charge < -0.3 is 10.3 Å². The monoisotopic (exact) mass is 189 g/mol. The highest BCUT2D eigenvalue weighted by atomic mass is 15.0. The van der Waals surface area contributed by atoms with Crippen molar-refractivity contribution in [3.05, 3.63) is 30.1 Å². The van der Waals surface area contributed by atoms with Gasteiger partial charge in [-0.3, -0.25) is 0 Å². The molecule has 0 aliphatic heterocycles. The Morgan fingerprint density at radius 2 is 2.36 bits per heavy atom. The smallest absolute Gasteiger partial charge is 0.139 e. The van der Waals surface area contributed by atoms with Crippen LogP contribution in [0, 0.1) is 6.92 Å². The van der Waals surface area contributed by atoms with E-state index in [9.17, 15) is 0 Å². The van der Waals surface area contributed by atoms with Crippen molar-refractivity contribution < 1.29 is 0 Å². The Hall–Kier alpha value is -1.35. The highest BCUT2D eigenvalue weighted by Crippen LogP contribution is 2.14. The van der Waals surface area contributed by atoms with Crippen LogP contribution in [0.2, 0.25) is 0 Å². The lowest BCUT2D eigenvalue weighted by Gasteiger charge is -2.07. The molecule has 3 heteroatoms. The molecule has 2 aromatic rings. The number of pyridine rings is 1. The van der Waals surface area contributed by atoms with Gasteiger partial charge in [0.2, 0.25) is 0 Å². The predicted molar refractivity (Wildman–Crippen MR) is 58.1 cm³/mol. The standard InChI is InChI=1S/C11H15N3/c1-8-5-10-3-4-14(7-9(2)12)11(10)13-6-8/h3-6,9H,7,12H2,1-2H3/t9-/m1/s1. The third-order valence-corrected chi connectivity index (χ3v) is 2.22. The normalized spacial score (nSPS) is 13.4. The maximum Gasteiger partial charge on any atom is 0.139 e. The summed E-state index contributed by atoms with van der Waals surface area (Å²) in [6.45, 7) is 4.87. The van der Waals surface area contributed by atoms with Crippen LogP contribution in [0.4, 0.5) is 0 Å². The van der Waals surface area contributed by atoms with Crippen LogP contribution in [0.5, 0.6) is 0 Å². The molecule has 2 rings (SSSR count). The molecular formula is C11H15N3. The number of aromatic nitrogens is 2. The average Bonchev–Trinajstić information content (AvgIpc) is 2.47. The number of aryl methyl sites for hydroxylation is 1. The minimum absolute atomic E-state index is 0.161. The summed E-state index contributed by atoms with van der Waals surface area (Å²) >= 11 is 0. The Labute approximate surface area is 83.6 Å². The van der Waals surface area contributed by atoms with E-state index in [1.54, 1.807) is 0 Å². The number of hydrogen-bond donors (Lipinski definition) is 1. The number of rotatable bonds is 2. The fourth-order valence-electron chi connectivity index (χ4n) is 1.65. The van der Waals surface area contributed by atoms with Crippen molar-refractivity contribution in [1.29, 1.82) is 0 Å². The first-order valence-electron chi connectivity index (χ1n) is 4.84. The molecule has 1 atom stereocenters. The first-order chi connectivity index (χ1) is 6.66. The van der Waals surface area contributed by atoms with Gasteiger partial charge in [-0.1, -0.05) is 0 Å². The molecule has 0 saturated heterocycles. The second-order valence-electron chi connectivity index (χ2n) is 3.87. The zero-order valence-electron chi connectivity index (χ0n) is 8.57. The lowest BCUT2D eigenvalue weighted by atomic mass is 10.2. The molecule has 0 bridgehead atoms.